The van der Waals surface area contributed by atoms with Gasteiger partial charge in [-0.15, -0.1) is 5.10 Å². The van der Waals surface area contributed by atoms with Crippen LogP contribution in [0.1, 0.15) is 19.8 Å². The SMILES string of the molecule is C[C@H](Sc1n[nH]c(=O)n1C[C@H]1CCCO1)C(=O)Nc1ccc(F)cc1F. The molecule has 0 unspecified atom stereocenters. The molecule has 3 rings (SSSR count). The predicted octanol–water partition coefficient (Wildman–Crippen LogP) is 2.15. The van der Waals surface area contributed by atoms with E-state index in [0.29, 0.717) is 24.4 Å². The van der Waals surface area contributed by atoms with Crippen LogP contribution in [0.2, 0.25) is 0 Å². The van der Waals surface area contributed by atoms with Gasteiger partial charge >= 0.3 is 5.69 Å². The lowest BCUT2D eigenvalue weighted by molar-refractivity contribution is -0.115. The van der Waals surface area contributed by atoms with Crippen LogP contribution in [-0.4, -0.2) is 38.6 Å². The molecule has 0 spiro atoms. The van der Waals surface area contributed by atoms with Gasteiger partial charge in [0.05, 0.1) is 23.6 Å². The van der Waals surface area contributed by atoms with Gasteiger partial charge in [0.25, 0.3) is 0 Å². The molecule has 1 aromatic carbocycles. The first-order valence-electron chi connectivity index (χ1n) is 8.13. The molecular weight excluding hydrogens is 366 g/mol. The summed E-state index contributed by atoms with van der Waals surface area (Å²) in [5, 5.41) is 8.42. The van der Waals surface area contributed by atoms with Crippen molar-refractivity contribution in [1.82, 2.24) is 14.8 Å². The van der Waals surface area contributed by atoms with Crippen molar-refractivity contribution in [3.05, 3.63) is 40.3 Å². The maximum absolute atomic E-state index is 13.7. The third-order valence-corrected chi connectivity index (χ3v) is 5.06. The lowest BCUT2D eigenvalue weighted by atomic mass is 10.2. The first-order chi connectivity index (χ1) is 12.4. The Balaban J connectivity index is 1.66. The number of H-pyrrole nitrogens is 1. The number of nitrogens with zero attached hydrogens (tertiary/aromatic N) is 2. The molecule has 0 bridgehead atoms. The molecule has 140 valence electrons. The highest BCUT2D eigenvalue weighted by Crippen LogP contribution is 2.24. The maximum atomic E-state index is 13.7. The number of carbonyl (C=O) groups excluding carboxylic acids is 1. The summed E-state index contributed by atoms with van der Waals surface area (Å²) in [5.41, 5.74) is -0.484. The van der Waals surface area contributed by atoms with Crippen LogP contribution in [0.25, 0.3) is 0 Å². The molecule has 0 aliphatic carbocycles. The summed E-state index contributed by atoms with van der Waals surface area (Å²) in [4.78, 5) is 24.2. The fourth-order valence-corrected chi connectivity index (χ4v) is 3.45. The number of rotatable bonds is 6. The van der Waals surface area contributed by atoms with Gasteiger partial charge in [0.2, 0.25) is 5.91 Å². The number of anilines is 1. The quantitative estimate of drug-likeness (QED) is 0.745. The second-order valence-electron chi connectivity index (χ2n) is 5.93. The molecule has 0 saturated carbocycles. The Morgan fingerprint density at radius 2 is 2.35 bits per heavy atom. The molecule has 2 heterocycles. The number of hydrogen-bond donors (Lipinski definition) is 2. The van der Waals surface area contributed by atoms with E-state index in [1.54, 1.807) is 6.92 Å². The van der Waals surface area contributed by atoms with Crippen molar-refractivity contribution in [2.45, 2.75) is 42.8 Å². The molecule has 1 aromatic heterocycles. The molecular formula is C16H18F2N4O3S. The van der Waals surface area contributed by atoms with Gasteiger partial charge in [-0.25, -0.2) is 18.7 Å². The number of benzene rings is 1. The summed E-state index contributed by atoms with van der Waals surface area (Å²) in [5.74, 6) is -2.07. The number of aromatic amines is 1. The Kier molecular flexibility index (Phi) is 5.72. The zero-order valence-corrected chi connectivity index (χ0v) is 14.8. The van der Waals surface area contributed by atoms with Crippen LogP contribution < -0.4 is 11.0 Å². The van der Waals surface area contributed by atoms with E-state index in [0.717, 1.165) is 36.7 Å². The Morgan fingerprint density at radius 1 is 1.54 bits per heavy atom. The van der Waals surface area contributed by atoms with Crippen LogP contribution >= 0.6 is 11.8 Å². The minimum atomic E-state index is -0.856. The van der Waals surface area contributed by atoms with Crippen molar-refractivity contribution < 1.29 is 18.3 Å². The summed E-state index contributed by atoms with van der Waals surface area (Å²) in [7, 11) is 0. The Labute approximate surface area is 152 Å². The lowest BCUT2D eigenvalue weighted by Crippen LogP contribution is -2.27. The highest BCUT2D eigenvalue weighted by molar-refractivity contribution is 8.00. The molecule has 1 aliphatic heterocycles. The van der Waals surface area contributed by atoms with E-state index >= 15 is 0 Å². The van der Waals surface area contributed by atoms with E-state index in [1.165, 1.54) is 4.57 Å². The number of amides is 1. The summed E-state index contributed by atoms with van der Waals surface area (Å²) in [6.45, 7) is 2.64. The minimum Gasteiger partial charge on any atom is -0.376 e. The number of hydrogen-bond acceptors (Lipinski definition) is 5. The van der Waals surface area contributed by atoms with Crippen LogP contribution in [0.4, 0.5) is 14.5 Å². The normalized spacial score (nSPS) is 18.0. The number of aromatic nitrogens is 3. The number of ether oxygens (including phenoxy) is 1. The molecule has 1 amide bonds. The topological polar surface area (TPSA) is 89.0 Å². The van der Waals surface area contributed by atoms with Crippen LogP contribution in [0.15, 0.2) is 28.2 Å². The van der Waals surface area contributed by atoms with Crippen molar-refractivity contribution >= 4 is 23.4 Å². The minimum absolute atomic E-state index is 0.0536. The van der Waals surface area contributed by atoms with E-state index in [2.05, 4.69) is 15.5 Å². The molecule has 26 heavy (non-hydrogen) atoms. The predicted molar refractivity (Wildman–Crippen MR) is 92.1 cm³/mol. The Hall–Kier alpha value is -2.20. The average Bonchev–Trinajstić information content (AvgIpc) is 3.22. The third-order valence-electron chi connectivity index (χ3n) is 3.97. The number of nitrogens with one attached hydrogen (secondary N) is 2. The lowest BCUT2D eigenvalue weighted by Gasteiger charge is -2.14. The number of thioether (sulfide) groups is 1. The van der Waals surface area contributed by atoms with Gasteiger partial charge in [-0.2, -0.15) is 0 Å². The molecule has 0 radical (unpaired) electrons. The van der Waals surface area contributed by atoms with Gasteiger partial charge in [-0.3, -0.25) is 9.36 Å². The van der Waals surface area contributed by atoms with Crippen LogP contribution in [0.3, 0.4) is 0 Å². The molecule has 2 atom stereocenters. The van der Waals surface area contributed by atoms with E-state index in [4.69, 9.17) is 4.74 Å². The van der Waals surface area contributed by atoms with Gasteiger partial charge < -0.3 is 10.1 Å². The Morgan fingerprint density at radius 3 is 3.04 bits per heavy atom. The monoisotopic (exact) mass is 384 g/mol. The zero-order chi connectivity index (χ0) is 18.7. The van der Waals surface area contributed by atoms with Crippen molar-refractivity contribution in [2.75, 3.05) is 11.9 Å². The Bertz CT molecular complexity index is 848. The van der Waals surface area contributed by atoms with Crippen molar-refractivity contribution in [3.63, 3.8) is 0 Å². The fraction of sp³-hybridized carbons (Fsp3) is 0.438. The third kappa shape index (κ3) is 4.31. The molecule has 7 nitrogen and oxygen atoms in total. The fourth-order valence-electron chi connectivity index (χ4n) is 2.58. The first kappa shape index (κ1) is 18.6. The summed E-state index contributed by atoms with van der Waals surface area (Å²) in [6.07, 6.45) is 1.76. The largest absolute Gasteiger partial charge is 0.376 e. The van der Waals surface area contributed by atoms with E-state index in [9.17, 15) is 18.4 Å². The van der Waals surface area contributed by atoms with E-state index in [-0.39, 0.29) is 17.5 Å². The van der Waals surface area contributed by atoms with E-state index in [1.807, 2.05) is 0 Å². The second kappa shape index (κ2) is 8.00. The average molecular weight is 384 g/mol. The maximum Gasteiger partial charge on any atom is 0.344 e. The summed E-state index contributed by atoms with van der Waals surface area (Å²) >= 11 is 1.07. The molecule has 2 aromatic rings. The molecule has 1 saturated heterocycles. The van der Waals surface area contributed by atoms with Crippen LogP contribution in [0.5, 0.6) is 0 Å². The summed E-state index contributed by atoms with van der Waals surface area (Å²) in [6, 6.07) is 2.91. The van der Waals surface area contributed by atoms with E-state index < -0.39 is 22.8 Å². The summed E-state index contributed by atoms with van der Waals surface area (Å²) < 4.78 is 33.6. The van der Waals surface area contributed by atoms with Crippen molar-refractivity contribution in [3.8, 4) is 0 Å². The number of carbonyl (C=O) groups is 1. The highest BCUT2D eigenvalue weighted by Gasteiger charge is 2.23. The van der Waals surface area contributed by atoms with Gasteiger partial charge in [-0.05, 0) is 31.9 Å². The van der Waals surface area contributed by atoms with Gasteiger partial charge in [0.15, 0.2) is 5.16 Å². The molecule has 2 N–H and O–H groups in total. The van der Waals surface area contributed by atoms with Crippen LogP contribution in [-0.2, 0) is 16.1 Å². The van der Waals surface area contributed by atoms with Gasteiger partial charge in [0.1, 0.15) is 11.6 Å². The van der Waals surface area contributed by atoms with Gasteiger partial charge in [0, 0.05) is 12.7 Å². The van der Waals surface area contributed by atoms with Gasteiger partial charge in [-0.1, -0.05) is 11.8 Å². The van der Waals surface area contributed by atoms with Crippen molar-refractivity contribution in [2.24, 2.45) is 0 Å². The molecule has 10 heteroatoms. The second-order valence-corrected chi connectivity index (χ2v) is 7.24. The molecule has 1 aliphatic rings. The molecule has 1 fully saturated rings. The smallest absolute Gasteiger partial charge is 0.344 e. The first-order valence-corrected chi connectivity index (χ1v) is 9.01. The standard InChI is InChI=1S/C16H18F2N4O3S/c1-9(14(23)19-13-5-4-10(17)7-12(13)18)26-16-21-20-15(24)22(16)8-11-3-2-6-25-11/h4-5,7,9,11H,2-3,6,8H2,1H3,(H,19,23)(H,20,24)/t9-,11+/m0/s1. The van der Waals surface area contributed by atoms with Crippen LogP contribution in [0, 0.1) is 11.6 Å². The highest BCUT2D eigenvalue weighted by atomic mass is 32.2. The van der Waals surface area contributed by atoms with Crippen molar-refractivity contribution in [1.29, 1.82) is 0 Å². The zero-order valence-electron chi connectivity index (χ0n) is 14.0. The number of halogens is 2.